The van der Waals surface area contributed by atoms with E-state index in [4.69, 9.17) is 5.26 Å². The molecular formula is C9H6F3N. The third-order valence-electron chi connectivity index (χ3n) is 1.58. The molecule has 0 saturated heterocycles. The lowest BCUT2D eigenvalue weighted by atomic mass is 10.1. The first-order valence-corrected chi connectivity index (χ1v) is 3.58. The molecule has 0 aliphatic rings. The monoisotopic (exact) mass is 185 g/mol. The minimum absolute atomic E-state index is 0.0139. The maximum absolute atomic E-state index is 12.7. The Labute approximate surface area is 73.4 Å². The van der Waals surface area contributed by atoms with Gasteiger partial charge < -0.3 is 0 Å². The van der Waals surface area contributed by atoms with E-state index in [1.165, 1.54) is 6.07 Å². The number of halogens is 3. The van der Waals surface area contributed by atoms with Crippen LogP contribution >= 0.6 is 0 Å². The highest BCUT2D eigenvalue weighted by Crippen LogP contribution is 2.22. The van der Waals surface area contributed by atoms with Crippen LogP contribution in [0.3, 0.4) is 0 Å². The molecule has 0 radical (unpaired) electrons. The van der Waals surface area contributed by atoms with Gasteiger partial charge in [0, 0.05) is 0 Å². The highest BCUT2D eigenvalue weighted by atomic mass is 19.3. The van der Waals surface area contributed by atoms with Crippen molar-refractivity contribution in [1.29, 1.82) is 5.26 Å². The summed E-state index contributed by atoms with van der Waals surface area (Å²) in [6, 6.07) is 5.10. The summed E-state index contributed by atoms with van der Waals surface area (Å²) in [5.74, 6) is -0.934. The van der Waals surface area contributed by atoms with E-state index >= 15 is 0 Å². The van der Waals surface area contributed by atoms with E-state index < -0.39 is 17.8 Å². The van der Waals surface area contributed by atoms with Gasteiger partial charge in [-0.1, -0.05) is 6.07 Å². The van der Waals surface area contributed by atoms with E-state index in [-0.39, 0.29) is 6.42 Å². The van der Waals surface area contributed by atoms with Crippen LogP contribution in [0.15, 0.2) is 18.2 Å². The summed E-state index contributed by atoms with van der Waals surface area (Å²) in [6.07, 6.45) is -2.82. The number of benzene rings is 1. The van der Waals surface area contributed by atoms with Gasteiger partial charge in [0.2, 0.25) is 0 Å². The van der Waals surface area contributed by atoms with Crippen molar-refractivity contribution in [3.05, 3.63) is 35.1 Å². The van der Waals surface area contributed by atoms with Crippen molar-refractivity contribution in [3.63, 3.8) is 0 Å². The minimum Gasteiger partial charge on any atom is -0.206 e. The van der Waals surface area contributed by atoms with Crippen LogP contribution in [0, 0.1) is 17.1 Å². The topological polar surface area (TPSA) is 23.8 Å². The first-order valence-electron chi connectivity index (χ1n) is 3.58. The van der Waals surface area contributed by atoms with Crippen LogP contribution in [0.5, 0.6) is 0 Å². The molecule has 0 saturated carbocycles. The average molecular weight is 185 g/mol. The van der Waals surface area contributed by atoms with Crippen molar-refractivity contribution < 1.29 is 13.2 Å². The fraction of sp³-hybridized carbons (Fsp3) is 0.222. The summed E-state index contributed by atoms with van der Waals surface area (Å²) in [5, 5.41) is 8.29. The van der Waals surface area contributed by atoms with E-state index in [0.29, 0.717) is 5.56 Å². The molecule has 0 N–H and O–H groups in total. The Balaban J connectivity index is 3.05. The van der Waals surface area contributed by atoms with Gasteiger partial charge in [-0.05, 0) is 17.7 Å². The quantitative estimate of drug-likeness (QED) is 0.694. The van der Waals surface area contributed by atoms with Gasteiger partial charge in [-0.2, -0.15) is 5.26 Å². The molecule has 0 atom stereocenters. The van der Waals surface area contributed by atoms with Crippen LogP contribution in [-0.2, 0) is 6.42 Å². The van der Waals surface area contributed by atoms with Crippen LogP contribution < -0.4 is 0 Å². The summed E-state index contributed by atoms with van der Waals surface area (Å²) < 4.78 is 36.9. The predicted molar refractivity (Wildman–Crippen MR) is 40.7 cm³/mol. The number of rotatable bonds is 2. The largest absolute Gasteiger partial charge is 0.266 e. The summed E-state index contributed by atoms with van der Waals surface area (Å²) in [6.45, 7) is 0. The maximum Gasteiger partial charge on any atom is 0.266 e. The van der Waals surface area contributed by atoms with Crippen molar-refractivity contribution in [3.8, 4) is 6.07 Å². The zero-order chi connectivity index (χ0) is 9.84. The second kappa shape index (κ2) is 3.94. The van der Waals surface area contributed by atoms with Gasteiger partial charge in [0.1, 0.15) is 5.82 Å². The molecule has 0 bridgehead atoms. The van der Waals surface area contributed by atoms with Gasteiger partial charge in [-0.25, -0.2) is 13.2 Å². The molecule has 1 rings (SSSR count). The Morgan fingerprint density at radius 2 is 2.08 bits per heavy atom. The molecule has 0 fully saturated rings. The molecule has 1 nitrogen and oxygen atoms in total. The zero-order valence-electron chi connectivity index (χ0n) is 6.60. The molecule has 0 spiro atoms. The van der Waals surface area contributed by atoms with Crippen molar-refractivity contribution in [2.75, 3.05) is 0 Å². The second-order valence-electron chi connectivity index (χ2n) is 2.49. The minimum atomic E-state index is -2.83. The van der Waals surface area contributed by atoms with E-state index in [9.17, 15) is 13.2 Å². The lowest BCUT2D eigenvalue weighted by Gasteiger charge is -2.02. The van der Waals surface area contributed by atoms with Gasteiger partial charge in [0.05, 0.1) is 18.1 Å². The highest BCUT2D eigenvalue weighted by molar-refractivity contribution is 5.27. The number of nitrogens with zero attached hydrogens (tertiary/aromatic N) is 1. The Kier molecular flexibility index (Phi) is 2.91. The Morgan fingerprint density at radius 3 is 2.62 bits per heavy atom. The lowest BCUT2D eigenvalue weighted by Crippen LogP contribution is -1.93. The van der Waals surface area contributed by atoms with Crippen LogP contribution in [0.2, 0.25) is 0 Å². The normalized spacial score (nSPS) is 10.1. The van der Waals surface area contributed by atoms with Crippen molar-refractivity contribution in [1.82, 2.24) is 0 Å². The SMILES string of the molecule is N#CCc1ccc(F)c(C(F)F)c1. The highest BCUT2D eigenvalue weighted by Gasteiger charge is 2.13. The van der Waals surface area contributed by atoms with Gasteiger partial charge in [0.15, 0.2) is 0 Å². The average Bonchev–Trinajstić information content (AvgIpc) is 2.08. The van der Waals surface area contributed by atoms with Crippen LogP contribution in [0.25, 0.3) is 0 Å². The molecule has 0 amide bonds. The summed E-state index contributed by atoms with van der Waals surface area (Å²) in [4.78, 5) is 0. The molecule has 0 aromatic heterocycles. The second-order valence-corrected chi connectivity index (χ2v) is 2.49. The molecule has 0 unspecified atom stereocenters. The van der Waals surface area contributed by atoms with E-state index in [0.717, 1.165) is 12.1 Å². The van der Waals surface area contributed by atoms with Crippen molar-refractivity contribution >= 4 is 0 Å². The van der Waals surface area contributed by atoms with Gasteiger partial charge in [0.25, 0.3) is 6.43 Å². The molecule has 68 valence electrons. The molecule has 1 aromatic rings. The first-order chi connectivity index (χ1) is 6.15. The van der Waals surface area contributed by atoms with Gasteiger partial charge >= 0.3 is 0 Å². The van der Waals surface area contributed by atoms with Crippen molar-refractivity contribution in [2.24, 2.45) is 0 Å². The molecule has 1 aromatic carbocycles. The molecular weight excluding hydrogens is 179 g/mol. The zero-order valence-corrected chi connectivity index (χ0v) is 6.60. The van der Waals surface area contributed by atoms with Gasteiger partial charge in [-0.3, -0.25) is 0 Å². The molecule has 0 aliphatic heterocycles. The molecule has 0 heterocycles. The Hall–Kier alpha value is -1.50. The fourth-order valence-corrected chi connectivity index (χ4v) is 0.962. The summed E-state index contributed by atoms with van der Waals surface area (Å²) in [7, 11) is 0. The van der Waals surface area contributed by atoms with Crippen LogP contribution in [0.1, 0.15) is 17.6 Å². The third kappa shape index (κ3) is 2.22. The van der Waals surface area contributed by atoms with E-state index in [2.05, 4.69) is 0 Å². The number of hydrogen-bond acceptors (Lipinski definition) is 1. The number of nitriles is 1. The predicted octanol–water partition coefficient (Wildman–Crippen LogP) is 2.83. The summed E-state index contributed by atoms with van der Waals surface area (Å²) in [5.41, 5.74) is -0.244. The molecule has 0 aliphatic carbocycles. The van der Waals surface area contributed by atoms with Gasteiger partial charge in [-0.15, -0.1) is 0 Å². The lowest BCUT2D eigenvalue weighted by molar-refractivity contribution is 0.146. The van der Waals surface area contributed by atoms with Crippen LogP contribution in [0.4, 0.5) is 13.2 Å². The number of hydrogen-bond donors (Lipinski definition) is 0. The van der Waals surface area contributed by atoms with Crippen molar-refractivity contribution in [2.45, 2.75) is 12.8 Å². The smallest absolute Gasteiger partial charge is 0.206 e. The standard InChI is InChI=1S/C9H6F3N/c10-8-2-1-6(3-4-13)5-7(8)9(11)12/h1-2,5,9H,3H2. The van der Waals surface area contributed by atoms with E-state index in [1.54, 1.807) is 6.07 Å². The Morgan fingerprint density at radius 1 is 1.38 bits per heavy atom. The third-order valence-corrected chi connectivity index (χ3v) is 1.58. The van der Waals surface area contributed by atoms with E-state index in [1.807, 2.05) is 0 Å². The fourth-order valence-electron chi connectivity index (χ4n) is 0.962. The number of alkyl halides is 2. The Bertz CT molecular complexity index is 341. The molecule has 13 heavy (non-hydrogen) atoms. The molecule has 4 heteroatoms. The summed E-state index contributed by atoms with van der Waals surface area (Å²) >= 11 is 0. The van der Waals surface area contributed by atoms with Crippen LogP contribution in [-0.4, -0.2) is 0 Å². The maximum atomic E-state index is 12.7. The first kappa shape index (κ1) is 9.59.